The first kappa shape index (κ1) is 8.83. The van der Waals surface area contributed by atoms with Crippen LogP contribution < -0.4 is 0 Å². The molecule has 0 aliphatic heterocycles. The molecular formula is C6H11ClSn. The number of hydrogen-bond donors (Lipinski definition) is 0. The fourth-order valence-corrected chi connectivity index (χ4v) is 1.22. The molecule has 0 unspecified atom stereocenters. The third kappa shape index (κ3) is 6.83. The normalized spacial score (nSPS) is 9.25. The monoisotopic (exact) mass is 238 g/mol. The summed E-state index contributed by atoms with van der Waals surface area (Å²) in [5.74, 6) is 0.799. The summed E-state index contributed by atoms with van der Waals surface area (Å²) in [4.78, 5) is 0. The fourth-order valence-electron chi connectivity index (χ4n) is 0.447. The third-order valence-electron chi connectivity index (χ3n) is 0.882. The molecule has 0 aliphatic carbocycles. The molecule has 0 bridgehead atoms. The molecule has 0 rings (SSSR count). The van der Waals surface area contributed by atoms with Gasteiger partial charge in [0.05, 0.1) is 0 Å². The molecule has 0 aromatic rings. The fraction of sp³-hybridized carbons (Fsp3) is 0.667. The Balaban J connectivity index is 2.82. The Morgan fingerprint density at radius 1 is 1.50 bits per heavy atom. The Kier molecular flexibility index (Phi) is 6.57. The first-order chi connectivity index (χ1) is 3.77. The molecule has 0 aliphatic rings. The average molecular weight is 237 g/mol. The van der Waals surface area contributed by atoms with E-state index in [2.05, 4.69) is 6.58 Å². The van der Waals surface area contributed by atoms with Gasteiger partial charge in [-0.2, -0.15) is 0 Å². The van der Waals surface area contributed by atoms with Crippen LogP contribution in [-0.4, -0.2) is 28.4 Å². The molecule has 0 saturated carbocycles. The molecule has 0 fully saturated rings. The number of allylic oxidation sites excluding steroid dienone is 1. The van der Waals surface area contributed by atoms with Crippen LogP contribution >= 0.6 is 11.6 Å². The van der Waals surface area contributed by atoms with Gasteiger partial charge in [-0.05, 0) is 0 Å². The zero-order chi connectivity index (χ0) is 6.41. The Bertz CT molecular complexity index is 70.9. The van der Waals surface area contributed by atoms with E-state index in [0.29, 0.717) is 0 Å². The Hall–Kier alpha value is 0.829. The molecule has 8 heavy (non-hydrogen) atoms. The molecule has 2 radical (unpaired) electrons. The number of hydrogen-bond acceptors (Lipinski definition) is 0. The number of rotatable bonds is 4. The van der Waals surface area contributed by atoms with Crippen LogP contribution in [0.5, 0.6) is 0 Å². The van der Waals surface area contributed by atoms with Gasteiger partial charge in [-0.1, -0.05) is 0 Å². The van der Waals surface area contributed by atoms with Crippen molar-refractivity contribution < 1.29 is 0 Å². The van der Waals surface area contributed by atoms with Crippen LogP contribution in [0.15, 0.2) is 10.2 Å². The van der Waals surface area contributed by atoms with Gasteiger partial charge in [0.25, 0.3) is 0 Å². The summed E-state index contributed by atoms with van der Waals surface area (Å²) < 4.78 is 1.39. The third-order valence-corrected chi connectivity index (χ3v) is 1.97. The average Bonchev–Trinajstić information content (AvgIpc) is 1.66. The van der Waals surface area contributed by atoms with Gasteiger partial charge in [0.1, 0.15) is 0 Å². The van der Waals surface area contributed by atoms with Gasteiger partial charge in [-0.3, -0.25) is 0 Å². The number of halogens is 1. The predicted octanol–water partition coefficient (Wildman–Crippen LogP) is 1.81. The van der Waals surface area contributed by atoms with Crippen molar-refractivity contribution in [3.8, 4) is 0 Å². The van der Waals surface area contributed by atoms with Crippen molar-refractivity contribution >= 4 is 34.1 Å². The first-order valence-corrected chi connectivity index (χ1v) is 4.95. The van der Waals surface area contributed by atoms with E-state index in [-0.39, 0.29) is 0 Å². The summed E-state index contributed by atoms with van der Waals surface area (Å²) in [6.45, 7) is 3.84. The van der Waals surface area contributed by atoms with Crippen LogP contribution in [0.3, 0.4) is 0 Å². The zero-order valence-corrected chi connectivity index (χ0v) is 9.04. The van der Waals surface area contributed by atoms with Crippen LogP contribution in [0.4, 0.5) is 0 Å². The quantitative estimate of drug-likeness (QED) is 0.397. The van der Waals surface area contributed by atoms with Gasteiger partial charge in [-0.25, -0.2) is 0 Å². The minimum atomic E-state index is 0.799. The van der Waals surface area contributed by atoms with Gasteiger partial charge in [0.2, 0.25) is 0 Å². The van der Waals surface area contributed by atoms with Crippen molar-refractivity contribution in [1.29, 1.82) is 0 Å². The molecular weight excluding hydrogens is 226 g/mol. The van der Waals surface area contributed by atoms with Crippen molar-refractivity contribution in [3.63, 3.8) is 0 Å². The molecule has 0 saturated heterocycles. The topological polar surface area (TPSA) is 0 Å². The molecule has 0 aromatic carbocycles. The Labute approximate surface area is 69.4 Å². The second-order valence-electron chi connectivity index (χ2n) is 1.80. The van der Waals surface area contributed by atoms with E-state index in [0.717, 1.165) is 12.3 Å². The molecule has 46 valence electrons. The number of alkyl halides is 1. The zero-order valence-electron chi connectivity index (χ0n) is 4.99. The van der Waals surface area contributed by atoms with Gasteiger partial charge < -0.3 is 0 Å². The van der Waals surface area contributed by atoms with Gasteiger partial charge in [0, 0.05) is 0 Å². The summed E-state index contributed by atoms with van der Waals surface area (Å²) in [6.07, 6.45) is 3.56. The molecule has 0 aromatic heterocycles. The second-order valence-corrected chi connectivity index (χ2v) is 4.51. The van der Waals surface area contributed by atoms with Gasteiger partial charge in [-0.15, -0.1) is 0 Å². The molecule has 2 heteroatoms. The van der Waals surface area contributed by atoms with Crippen molar-refractivity contribution in [2.24, 2.45) is 0 Å². The van der Waals surface area contributed by atoms with Crippen molar-refractivity contribution in [3.05, 3.63) is 10.2 Å². The SMILES string of the molecule is C=[C]([SnH])CCCCCl. The molecule has 0 heterocycles. The van der Waals surface area contributed by atoms with Crippen LogP contribution in [0.2, 0.25) is 0 Å². The Morgan fingerprint density at radius 2 is 2.12 bits per heavy atom. The summed E-state index contributed by atoms with van der Waals surface area (Å²) in [5, 5.41) is 0. The van der Waals surface area contributed by atoms with Gasteiger partial charge in [0.15, 0.2) is 0 Å². The standard InChI is InChI=1S/C6H10Cl.Sn.H/c1-2-3-4-5-6-7;;/h1,3-6H2;;. The summed E-state index contributed by atoms with van der Waals surface area (Å²) in [6, 6.07) is 0. The van der Waals surface area contributed by atoms with Crippen LogP contribution in [0.1, 0.15) is 19.3 Å². The van der Waals surface area contributed by atoms with E-state index >= 15 is 0 Å². The van der Waals surface area contributed by atoms with Crippen molar-refractivity contribution in [1.82, 2.24) is 0 Å². The van der Waals surface area contributed by atoms with Gasteiger partial charge >= 0.3 is 69.4 Å². The summed E-state index contributed by atoms with van der Waals surface area (Å²) in [7, 11) is 0. The van der Waals surface area contributed by atoms with Crippen molar-refractivity contribution in [2.45, 2.75) is 19.3 Å². The second kappa shape index (κ2) is 5.96. The van der Waals surface area contributed by atoms with E-state index < -0.39 is 0 Å². The molecule has 0 atom stereocenters. The summed E-state index contributed by atoms with van der Waals surface area (Å²) in [5.41, 5.74) is 0. The van der Waals surface area contributed by atoms with E-state index in [1.165, 1.54) is 39.0 Å². The Morgan fingerprint density at radius 3 is 2.50 bits per heavy atom. The first-order valence-electron chi connectivity index (χ1n) is 2.76. The molecule has 0 amide bonds. The van der Waals surface area contributed by atoms with Crippen LogP contribution in [-0.2, 0) is 0 Å². The van der Waals surface area contributed by atoms with E-state index in [9.17, 15) is 0 Å². The molecule has 0 spiro atoms. The van der Waals surface area contributed by atoms with E-state index in [4.69, 9.17) is 11.6 Å². The molecule has 0 N–H and O–H groups in total. The van der Waals surface area contributed by atoms with Crippen LogP contribution in [0, 0.1) is 0 Å². The van der Waals surface area contributed by atoms with E-state index in [1.807, 2.05) is 0 Å². The maximum absolute atomic E-state index is 5.47. The minimum absolute atomic E-state index is 0.799. The molecule has 0 nitrogen and oxygen atoms in total. The van der Waals surface area contributed by atoms with E-state index in [1.54, 1.807) is 0 Å². The van der Waals surface area contributed by atoms with Crippen LogP contribution in [0.25, 0.3) is 0 Å². The maximum atomic E-state index is 5.47. The summed E-state index contributed by atoms with van der Waals surface area (Å²) >= 11 is 6.67. The number of unbranched alkanes of at least 4 members (excludes halogenated alkanes) is 1. The van der Waals surface area contributed by atoms with Crippen molar-refractivity contribution in [2.75, 3.05) is 5.88 Å². The predicted molar refractivity (Wildman–Crippen MR) is 40.9 cm³/mol.